The zero-order valence-corrected chi connectivity index (χ0v) is 11.1. The van der Waals surface area contributed by atoms with E-state index in [9.17, 15) is 0 Å². The summed E-state index contributed by atoms with van der Waals surface area (Å²) in [6.45, 7) is 11.8. The molecule has 0 atom stereocenters. The highest BCUT2D eigenvalue weighted by atomic mass is 14.9. The fourth-order valence-corrected chi connectivity index (χ4v) is 1.26. The Morgan fingerprint density at radius 2 is 1.56 bits per heavy atom. The Hall–Kier alpha value is -1.51. The van der Waals surface area contributed by atoms with Crippen LogP contribution in [0.15, 0.2) is 18.3 Å². The summed E-state index contributed by atoms with van der Waals surface area (Å²) >= 11 is 0. The number of hydrogen-bond acceptors (Lipinski definition) is 3. The summed E-state index contributed by atoms with van der Waals surface area (Å²) in [5.74, 6) is 0.799. The van der Waals surface area contributed by atoms with E-state index < -0.39 is 0 Å². The molecule has 0 bridgehead atoms. The first-order chi connectivity index (χ1) is 7.77. The second-order valence-corrected chi connectivity index (χ2v) is 2.73. The first-order valence-corrected chi connectivity index (χ1v) is 5.83. The minimum absolute atomic E-state index is 0.799. The van der Waals surface area contributed by atoms with Crippen molar-refractivity contribution < 1.29 is 0 Å². The molecule has 88 valence electrons. The molecule has 0 saturated carbocycles. The lowest BCUT2D eigenvalue weighted by atomic mass is 10.3. The van der Waals surface area contributed by atoms with E-state index in [1.54, 1.807) is 6.20 Å². The van der Waals surface area contributed by atoms with E-state index in [1.807, 2.05) is 53.7 Å². The third-order valence-electron chi connectivity index (χ3n) is 1.74. The highest BCUT2D eigenvalue weighted by Gasteiger charge is 2.00. The molecule has 2 aromatic heterocycles. The third-order valence-corrected chi connectivity index (χ3v) is 1.74. The van der Waals surface area contributed by atoms with E-state index in [0.717, 1.165) is 22.6 Å². The predicted octanol–water partition coefficient (Wildman–Crippen LogP) is 3.69. The average Bonchev–Trinajstić information content (AvgIpc) is 2.34. The van der Waals surface area contributed by atoms with Gasteiger partial charge in [0.05, 0.1) is 11.2 Å². The number of nitrogens with zero attached hydrogens (tertiary/aromatic N) is 3. The minimum atomic E-state index is 0.799. The second-order valence-electron chi connectivity index (χ2n) is 2.73. The molecule has 0 spiro atoms. The molecule has 3 heteroatoms. The van der Waals surface area contributed by atoms with Gasteiger partial charge in [-0.3, -0.25) is 4.98 Å². The summed E-state index contributed by atoms with van der Waals surface area (Å²) in [5, 5.41) is 0. The van der Waals surface area contributed by atoms with Gasteiger partial charge in [-0.1, -0.05) is 27.7 Å². The van der Waals surface area contributed by atoms with Gasteiger partial charge in [0.25, 0.3) is 0 Å². The van der Waals surface area contributed by atoms with Crippen molar-refractivity contribution in [2.45, 2.75) is 41.5 Å². The zero-order valence-electron chi connectivity index (χ0n) is 11.1. The SMILES string of the molecule is CC.CC.Cc1nc(C)c2ncccc2n1. The number of aromatic nitrogens is 3. The molecule has 0 N–H and O–H groups in total. The molecule has 2 heterocycles. The van der Waals surface area contributed by atoms with E-state index in [0.29, 0.717) is 0 Å². The maximum absolute atomic E-state index is 4.26. The Labute approximate surface area is 98.0 Å². The van der Waals surface area contributed by atoms with Crippen molar-refractivity contribution in [2.75, 3.05) is 0 Å². The van der Waals surface area contributed by atoms with Gasteiger partial charge in [0.1, 0.15) is 11.3 Å². The molecule has 0 aliphatic rings. The van der Waals surface area contributed by atoms with Gasteiger partial charge in [0.2, 0.25) is 0 Å². The highest BCUT2D eigenvalue weighted by Crippen LogP contribution is 2.10. The summed E-state index contributed by atoms with van der Waals surface area (Å²) < 4.78 is 0. The van der Waals surface area contributed by atoms with Crippen molar-refractivity contribution in [3.05, 3.63) is 29.8 Å². The van der Waals surface area contributed by atoms with E-state index in [4.69, 9.17) is 0 Å². The first-order valence-electron chi connectivity index (χ1n) is 5.83. The van der Waals surface area contributed by atoms with Crippen LogP contribution in [0.4, 0.5) is 0 Å². The largest absolute Gasteiger partial charge is 0.253 e. The van der Waals surface area contributed by atoms with Crippen molar-refractivity contribution in [3.8, 4) is 0 Å². The maximum atomic E-state index is 4.26. The van der Waals surface area contributed by atoms with Crippen LogP contribution < -0.4 is 0 Å². The molecule has 0 aliphatic carbocycles. The summed E-state index contributed by atoms with van der Waals surface area (Å²) in [5.41, 5.74) is 2.75. The number of rotatable bonds is 0. The fourth-order valence-electron chi connectivity index (χ4n) is 1.26. The van der Waals surface area contributed by atoms with Crippen LogP contribution in [0, 0.1) is 13.8 Å². The Morgan fingerprint density at radius 3 is 2.19 bits per heavy atom. The van der Waals surface area contributed by atoms with Crippen LogP contribution in [0.1, 0.15) is 39.2 Å². The minimum Gasteiger partial charge on any atom is -0.253 e. The van der Waals surface area contributed by atoms with Gasteiger partial charge in [-0.2, -0.15) is 0 Å². The van der Waals surface area contributed by atoms with Crippen LogP contribution >= 0.6 is 0 Å². The van der Waals surface area contributed by atoms with Crippen LogP contribution in [0.5, 0.6) is 0 Å². The molecule has 0 radical (unpaired) electrons. The molecule has 0 aliphatic heterocycles. The molecule has 0 unspecified atom stereocenters. The van der Waals surface area contributed by atoms with Crippen LogP contribution in [-0.2, 0) is 0 Å². The maximum Gasteiger partial charge on any atom is 0.126 e. The normalized spacial score (nSPS) is 8.62. The molecule has 0 fully saturated rings. The lowest BCUT2D eigenvalue weighted by molar-refractivity contribution is 1.04. The fraction of sp³-hybridized carbons (Fsp3) is 0.462. The van der Waals surface area contributed by atoms with Crippen LogP contribution in [0.2, 0.25) is 0 Å². The van der Waals surface area contributed by atoms with E-state index >= 15 is 0 Å². The zero-order chi connectivity index (χ0) is 12.6. The van der Waals surface area contributed by atoms with Gasteiger partial charge in [-0.25, -0.2) is 9.97 Å². The van der Waals surface area contributed by atoms with Gasteiger partial charge in [-0.15, -0.1) is 0 Å². The van der Waals surface area contributed by atoms with Crippen molar-refractivity contribution in [2.24, 2.45) is 0 Å². The number of hydrogen-bond donors (Lipinski definition) is 0. The second kappa shape index (κ2) is 7.74. The smallest absolute Gasteiger partial charge is 0.126 e. The topological polar surface area (TPSA) is 38.7 Å². The Morgan fingerprint density at radius 1 is 0.938 bits per heavy atom. The number of pyridine rings is 1. The highest BCUT2D eigenvalue weighted by molar-refractivity contribution is 5.75. The van der Waals surface area contributed by atoms with Gasteiger partial charge in [-0.05, 0) is 26.0 Å². The number of fused-ring (bicyclic) bond motifs is 1. The molecule has 3 nitrogen and oxygen atoms in total. The molecule has 2 rings (SSSR count). The van der Waals surface area contributed by atoms with Gasteiger partial charge < -0.3 is 0 Å². The quantitative estimate of drug-likeness (QED) is 0.678. The van der Waals surface area contributed by atoms with Crippen molar-refractivity contribution in [1.29, 1.82) is 0 Å². The van der Waals surface area contributed by atoms with E-state index in [2.05, 4.69) is 15.0 Å². The third kappa shape index (κ3) is 3.57. The monoisotopic (exact) mass is 219 g/mol. The summed E-state index contributed by atoms with van der Waals surface area (Å²) in [7, 11) is 0. The lowest BCUT2D eigenvalue weighted by Crippen LogP contribution is -1.94. The summed E-state index contributed by atoms with van der Waals surface area (Å²) in [6.07, 6.45) is 1.76. The van der Waals surface area contributed by atoms with Gasteiger partial charge in [0.15, 0.2) is 0 Å². The van der Waals surface area contributed by atoms with Crippen LogP contribution in [-0.4, -0.2) is 15.0 Å². The van der Waals surface area contributed by atoms with E-state index in [-0.39, 0.29) is 0 Å². The average molecular weight is 219 g/mol. The number of aryl methyl sites for hydroxylation is 2. The lowest BCUT2D eigenvalue weighted by Gasteiger charge is -1.99. The Kier molecular flexibility index (Phi) is 7.01. The Balaban J connectivity index is 0.000000509. The van der Waals surface area contributed by atoms with Gasteiger partial charge >= 0.3 is 0 Å². The van der Waals surface area contributed by atoms with Crippen LogP contribution in [0.3, 0.4) is 0 Å². The molecular weight excluding hydrogens is 198 g/mol. The standard InChI is InChI=1S/C9H9N3.2C2H6/c1-6-9-8(4-3-5-10-9)12-7(2)11-6;2*1-2/h3-5H,1-2H3;2*1-2H3. The molecule has 0 aromatic carbocycles. The van der Waals surface area contributed by atoms with Gasteiger partial charge in [0, 0.05) is 6.20 Å². The molecule has 0 saturated heterocycles. The summed E-state index contributed by atoms with van der Waals surface area (Å²) in [4.78, 5) is 12.7. The first kappa shape index (κ1) is 14.5. The van der Waals surface area contributed by atoms with Crippen molar-refractivity contribution in [3.63, 3.8) is 0 Å². The summed E-state index contributed by atoms with van der Waals surface area (Å²) in [6, 6.07) is 3.83. The van der Waals surface area contributed by atoms with Crippen LogP contribution in [0.25, 0.3) is 11.0 Å². The predicted molar refractivity (Wildman–Crippen MR) is 69.5 cm³/mol. The van der Waals surface area contributed by atoms with Crippen molar-refractivity contribution in [1.82, 2.24) is 15.0 Å². The molecule has 16 heavy (non-hydrogen) atoms. The van der Waals surface area contributed by atoms with Crippen molar-refractivity contribution >= 4 is 11.0 Å². The Bertz CT molecular complexity index is 424. The van der Waals surface area contributed by atoms with E-state index in [1.165, 1.54) is 0 Å². The molecule has 0 amide bonds. The molecule has 2 aromatic rings. The molecular formula is C13H21N3.